The van der Waals surface area contributed by atoms with Crippen LogP contribution in [-0.2, 0) is 66.3 Å². The van der Waals surface area contributed by atoms with Crippen LogP contribution in [0.2, 0.25) is 0 Å². The molecule has 2 aromatic rings. The molecule has 14 bridgehead atoms. The summed E-state index contributed by atoms with van der Waals surface area (Å²) in [5, 5.41) is 238. The molecule has 21 heterocycles. The van der Waals surface area contributed by atoms with E-state index in [9.17, 15) is 112 Å². The summed E-state index contributed by atoms with van der Waals surface area (Å²) in [7, 11) is 0. The minimum absolute atomic E-state index is 0.0283. The second-order valence-electron chi connectivity index (χ2n) is 23.0. The summed E-state index contributed by atoms with van der Waals surface area (Å²) in [5.74, 6) is -0.810. The molecular weight excluding hydrogens is 1240 g/mol. The minimum atomic E-state index is -2.29. The van der Waals surface area contributed by atoms with Gasteiger partial charge in [0.25, 0.3) is 5.91 Å². The molecule has 21 aliphatic heterocycles. The molecule has 35 atom stereocenters. The summed E-state index contributed by atoms with van der Waals surface area (Å²) in [6.45, 7) is -7.17. The molecule has 0 spiro atoms. The monoisotopic (exact) mass is 1310 g/mol. The molecule has 512 valence electrons. The van der Waals surface area contributed by atoms with E-state index in [1.54, 1.807) is 12.1 Å². The second kappa shape index (κ2) is 29.7. The van der Waals surface area contributed by atoms with Crippen LogP contribution in [0.3, 0.4) is 0 Å². The van der Waals surface area contributed by atoms with Crippen molar-refractivity contribution < 1.29 is 173 Å². The zero-order valence-corrected chi connectivity index (χ0v) is 47.6. The van der Waals surface area contributed by atoms with E-state index in [0.29, 0.717) is 10.8 Å². The van der Waals surface area contributed by atoms with E-state index < -0.39 is 267 Å². The molecule has 0 unspecified atom stereocenters. The number of ether oxygens (including phenoxy) is 14. The van der Waals surface area contributed by atoms with Crippen molar-refractivity contribution in [2.75, 3.05) is 46.2 Å². The van der Waals surface area contributed by atoms with Gasteiger partial charge in [-0.2, -0.15) is 5.26 Å². The van der Waals surface area contributed by atoms with Crippen LogP contribution in [0.25, 0.3) is 10.8 Å². The Labute approximate surface area is 514 Å². The maximum absolute atomic E-state index is 14.0. The van der Waals surface area contributed by atoms with Crippen molar-refractivity contribution in [2.45, 2.75) is 215 Å². The lowest BCUT2D eigenvalue weighted by atomic mass is 9.95. The SMILES string of the molecule is N#Cc1cccc2c(C(=O)NC[C@H]3O[C@@H]4O[C@H]5[C@H](O)[C@@H](O)[C@@H](O[C@H]6[C@H](O)[C@@H](O)[C@@H](O[C@H]7[C@H](O)[C@@H](O)[C@@H](O[C@H]8[C@H](O)[C@@H](O)[C@@H](O[C@H]9[C@H](O)[C@@H](O)[C@@H](O[C@H]%10[C@H](O)[C@@H](O)[C@@H](O[C@H]3[C@H](O)[C@H]4O)O[C@@H]%10CO)O[C@@H]9CO)O[C@@H]8CO)O[C@@H]7CO)O[C@@H]6CO)O[C@@H]5CO)cccc12. The van der Waals surface area contributed by atoms with Gasteiger partial charge in [-0.3, -0.25) is 4.79 Å². The maximum Gasteiger partial charge on any atom is 0.252 e. The lowest BCUT2D eigenvalue weighted by molar-refractivity contribution is -0.396. The highest BCUT2D eigenvalue weighted by atomic mass is 16.8. The Morgan fingerprint density at radius 2 is 0.560 bits per heavy atom. The largest absolute Gasteiger partial charge is 0.394 e. The fourth-order valence-electron chi connectivity index (χ4n) is 12.3. The van der Waals surface area contributed by atoms with Gasteiger partial charge in [0, 0.05) is 17.5 Å². The van der Waals surface area contributed by atoms with E-state index in [0.717, 1.165) is 0 Å². The first-order valence-corrected chi connectivity index (χ1v) is 29.1. The van der Waals surface area contributed by atoms with Crippen molar-refractivity contribution in [3.8, 4) is 6.07 Å². The van der Waals surface area contributed by atoms with Gasteiger partial charge in [-0.1, -0.05) is 24.3 Å². The van der Waals surface area contributed by atoms with Crippen LogP contribution < -0.4 is 5.32 Å². The molecule has 21 N–H and O–H groups in total. The number of nitrogens with zero attached hydrogens (tertiary/aromatic N) is 1. The molecule has 0 aromatic heterocycles. The second-order valence-corrected chi connectivity index (χ2v) is 23.0. The fraction of sp³-hybridized carbons (Fsp3) is 0.778. The zero-order chi connectivity index (χ0) is 65.6. The maximum atomic E-state index is 14.0. The molecule has 0 aliphatic carbocycles. The number of hydrogen-bond acceptors (Lipinski definition) is 36. The van der Waals surface area contributed by atoms with Crippen LogP contribution >= 0.6 is 0 Å². The highest BCUT2D eigenvalue weighted by molar-refractivity contribution is 6.08. The lowest BCUT2D eigenvalue weighted by Gasteiger charge is -2.50. The van der Waals surface area contributed by atoms with E-state index in [2.05, 4.69) is 5.32 Å². The number of amides is 1. The van der Waals surface area contributed by atoms with Crippen molar-refractivity contribution in [1.29, 1.82) is 5.26 Å². The zero-order valence-electron chi connectivity index (χ0n) is 47.6. The average Bonchev–Trinajstić information content (AvgIpc) is 2.42. The molecule has 21 aliphatic rings. The topological polar surface area (TPSA) is 587 Å². The quantitative estimate of drug-likeness (QED) is 0.111. The highest BCUT2D eigenvalue weighted by Gasteiger charge is 2.59. The third-order valence-electron chi connectivity index (χ3n) is 17.4. The van der Waals surface area contributed by atoms with Crippen molar-refractivity contribution >= 4 is 16.7 Å². The number of nitrogens with one attached hydrogen (secondary N) is 1. The van der Waals surface area contributed by atoms with Gasteiger partial charge in [0.05, 0.1) is 51.3 Å². The van der Waals surface area contributed by atoms with Crippen molar-refractivity contribution in [3.05, 3.63) is 47.5 Å². The van der Waals surface area contributed by atoms with Gasteiger partial charge < -0.3 is 174 Å². The number of rotatable bonds is 9. The van der Waals surface area contributed by atoms with Gasteiger partial charge in [0.15, 0.2) is 44.0 Å². The summed E-state index contributed by atoms with van der Waals surface area (Å²) in [6, 6.07) is 11.2. The number of benzene rings is 2. The Balaban J connectivity index is 0.957. The molecule has 0 saturated carbocycles. The number of nitriles is 1. The normalized spacial score (nSPS) is 48.5. The molecule has 37 heteroatoms. The number of aliphatic hydroxyl groups excluding tert-OH is 20. The Kier molecular flexibility index (Phi) is 22.9. The van der Waals surface area contributed by atoms with Gasteiger partial charge in [0.2, 0.25) is 0 Å². The van der Waals surface area contributed by atoms with E-state index in [-0.39, 0.29) is 11.1 Å². The third kappa shape index (κ3) is 13.7. The van der Waals surface area contributed by atoms with Gasteiger partial charge in [-0.15, -0.1) is 0 Å². The number of fused-ring (bicyclic) bond motifs is 1. The van der Waals surface area contributed by atoms with E-state index >= 15 is 0 Å². The molecule has 91 heavy (non-hydrogen) atoms. The molecule has 23 rings (SSSR count). The van der Waals surface area contributed by atoms with Crippen LogP contribution in [0, 0.1) is 11.3 Å². The van der Waals surface area contributed by atoms with Crippen molar-refractivity contribution in [2.24, 2.45) is 0 Å². The van der Waals surface area contributed by atoms with Crippen LogP contribution in [0.1, 0.15) is 15.9 Å². The minimum Gasteiger partial charge on any atom is -0.394 e. The molecule has 0 radical (unpaired) electrons. The van der Waals surface area contributed by atoms with Crippen LogP contribution in [-0.4, -0.2) is 369 Å². The van der Waals surface area contributed by atoms with E-state index in [1.807, 2.05) is 6.07 Å². The Bertz CT molecular complexity index is 2740. The Morgan fingerprint density at radius 1 is 0.330 bits per heavy atom. The predicted octanol–water partition coefficient (Wildman–Crippen LogP) is -12.8. The van der Waals surface area contributed by atoms with E-state index in [4.69, 9.17) is 66.3 Å². The molecule has 21 saturated heterocycles. The average molecular weight is 1310 g/mol. The van der Waals surface area contributed by atoms with E-state index in [1.165, 1.54) is 24.3 Å². The molecular formula is C54H76N2O35. The predicted molar refractivity (Wildman–Crippen MR) is 282 cm³/mol. The number of carbonyl (C=O) groups is 1. The fourth-order valence-corrected chi connectivity index (χ4v) is 12.3. The standard InChI is InChI=1S/C54H76N2O35/c55-7-15-3-1-5-17-16(15)4-2-6-18(17)47(77)56-8-19-40-26(63)33(70)48(78-19)86-41-20(9-57)80-50(35(72)28(41)65)88-43-22(11-59)82-52(37(74)30(43)67)90-45-24(13-61)84-54(39(76)32(45)69)91-46-25(14-62)83-53(38(75)31(46)68)89-44-23(12-60)81-51(36(73)29(44)66)87-42-21(10-58)79-49(85-40)34(71)27(42)64/h1-6,19-46,48-54,57-76H,8-14H2,(H,56,77)/t19-,20-,21-,22-,23-,24-,25-,26-,27-,28-,29-,30-,31-,32-,33-,34-,35-,36-,37-,38-,39-,40-,41-,42-,43-,44-,45-,46-,48-,49-,50-,51-,52-,53-,54-/m1/s1. The van der Waals surface area contributed by atoms with Crippen LogP contribution in [0.4, 0.5) is 0 Å². The summed E-state index contributed by atoms with van der Waals surface area (Å²) in [4.78, 5) is 14.0. The summed E-state index contributed by atoms with van der Waals surface area (Å²) in [6.07, 6.45) is -72.0. The summed E-state index contributed by atoms with van der Waals surface area (Å²) in [5.41, 5.74) is 0.253. The molecule has 37 nitrogen and oxygen atoms in total. The number of hydrogen-bond donors (Lipinski definition) is 21. The van der Waals surface area contributed by atoms with Gasteiger partial charge in [0.1, 0.15) is 171 Å². The summed E-state index contributed by atoms with van der Waals surface area (Å²) < 4.78 is 81.3. The van der Waals surface area contributed by atoms with Crippen molar-refractivity contribution in [3.63, 3.8) is 0 Å². The lowest BCUT2D eigenvalue weighted by Crippen LogP contribution is -2.68. The number of aliphatic hydroxyl groups is 20. The highest BCUT2D eigenvalue weighted by Crippen LogP contribution is 2.39. The first-order chi connectivity index (χ1) is 43.5. The first-order valence-electron chi connectivity index (χ1n) is 29.1. The Hall–Kier alpha value is -3.70. The Morgan fingerprint density at radius 3 is 0.813 bits per heavy atom. The molecule has 1 amide bonds. The van der Waals surface area contributed by atoms with Crippen LogP contribution in [0.5, 0.6) is 0 Å². The molecule has 2 aromatic carbocycles. The summed E-state index contributed by atoms with van der Waals surface area (Å²) >= 11 is 0. The number of carbonyl (C=O) groups excluding carboxylic acids is 1. The van der Waals surface area contributed by atoms with Crippen molar-refractivity contribution in [1.82, 2.24) is 5.32 Å². The van der Waals surface area contributed by atoms with Crippen LogP contribution in [0.15, 0.2) is 36.4 Å². The smallest absolute Gasteiger partial charge is 0.252 e. The van der Waals surface area contributed by atoms with Gasteiger partial charge in [-0.05, 0) is 17.5 Å². The first kappa shape index (κ1) is 70.1. The third-order valence-corrected chi connectivity index (χ3v) is 17.4. The van der Waals surface area contributed by atoms with Gasteiger partial charge >= 0.3 is 0 Å². The van der Waals surface area contributed by atoms with Gasteiger partial charge in [-0.25, -0.2) is 0 Å². The molecule has 21 fully saturated rings.